The third kappa shape index (κ3) is 2.11. The number of aromatic nitrogens is 3. The molecule has 2 unspecified atom stereocenters. The number of nitrogens with zero attached hydrogens (tertiary/aromatic N) is 2. The van der Waals surface area contributed by atoms with Crippen molar-refractivity contribution in [3.8, 4) is 0 Å². The second-order valence-corrected chi connectivity index (χ2v) is 5.43. The molecule has 15 heavy (non-hydrogen) atoms. The Balaban J connectivity index is 2.24. The fourth-order valence-electron chi connectivity index (χ4n) is 1.18. The zero-order chi connectivity index (χ0) is 10.7. The van der Waals surface area contributed by atoms with Crippen LogP contribution in [0, 0.1) is 0 Å². The molecule has 4 nitrogen and oxygen atoms in total. The Hall–Kier alpha value is -1.11. The van der Waals surface area contributed by atoms with Crippen molar-refractivity contribution in [2.24, 2.45) is 0 Å². The molecule has 0 saturated heterocycles. The minimum Gasteiger partial charge on any atom is -0.609 e. The van der Waals surface area contributed by atoms with Crippen molar-refractivity contribution >= 4 is 22.5 Å². The first kappa shape index (κ1) is 10.4. The number of hydrogen-bond donors (Lipinski definition) is 1. The van der Waals surface area contributed by atoms with E-state index >= 15 is 0 Å². The van der Waals surface area contributed by atoms with Gasteiger partial charge in [-0.3, -0.25) is 5.10 Å². The van der Waals surface area contributed by atoms with E-state index in [1.165, 1.54) is 11.3 Å². The summed E-state index contributed by atoms with van der Waals surface area (Å²) in [5, 5.41) is 8.08. The van der Waals surface area contributed by atoms with Crippen molar-refractivity contribution in [1.82, 2.24) is 15.2 Å². The van der Waals surface area contributed by atoms with E-state index in [0.29, 0.717) is 4.34 Å². The van der Waals surface area contributed by atoms with E-state index in [-0.39, 0.29) is 5.25 Å². The lowest BCUT2D eigenvalue weighted by Crippen LogP contribution is -2.10. The highest BCUT2D eigenvalue weighted by molar-refractivity contribution is 7.93. The highest BCUT2D eigenvalue weighted by Gasteiger charge is 2.26. The van der Waals surface area contributed by atoms with Gasteiger partial charge in [-0.25, -0.2) is 4.98 Å². The first-order valence-corrected chi connectivity index (χ1v) is 6.33. The molecule has 0 aromatic carbocycles. The lowest BCUT2D eigenvalue weighted by Gasteiger charge is -2.13. The van der Waals surface area contributed by atoms with E-state index in [4.69, 9.17) is 0 Å². The molecule has 0 radical (unpaired) electrons. The van der Waals surface area contributed by atoms with Crippen LogP contribution in [-0.2, 0) is 11.2 Å². The third-order valence-corrected chi connectivity index (χ3v) is 4.60. The van der Waals surface area contributed by atoms with Crippen LogP contribution in [-0.4, -0.2) is 19.7 Å². The van der Waals surface area contributed by atoms with Gasteiger partial charge in [0.05, 0.1) is 6.20 Å². The quantitative estimate of drug-likeness (QED) is 0.654. The van der Waals surface area contributed by atoms with Crippen LogP contribution in [0.4, 0.5) is 0 Å². The van der Waals surface area contributed by atoms with Gasteiger partial charge in [0, 0.05) is 34.5 Å². The van der Waals surface area contributed by atoms with Crippen LogP contribution >= 0.6 is 11.3 Å². The first-order valence-electron chi connectivity index (χ1n) is 4.24. The molecule has 0 aliphatic rings. The number of nitrogens with one attached hydrogen (secondary N) is 1. The maximum absolute atomic E-state index is 12.1. The summed E-state index contributed by atoms with van der Waals surface area (Å²) in [6.07, 6.45) is 6.67. The topological polar surface area (TPSA) is 64.6 Å². The Morgan fingerprint density at radius 1 is 1.67 bits per heavy atom. The van der Waals surface area contributed by atoms with Crippen molar-refractivity contribution < 1.29 is 4.55 Å². The second kappa shape index (κ2) is 4.61. The van der Waals surface area contributed by atoms with Gasteiger partial charge in [0.25, 0.3) is 0 Å². The number of hydrogen-bond acceptors (Lipinski definition) is 4. The van der Waals surface area contributed by atoms with E-state index in [0.717, 1.165) is 5.56 Å². The van der Waals surface area contributed by atoms with Crippen molar-refractivity contribution in [3.05, 3.63) is 42.2 Å². The Labute approximate surface area is 94.2 Å². The molecule has 0 spiro atoms. The van der Waals surface area contributed by atoms with E-state index in [1.807, 2.05) is 5.38 Å². The Morgan fingerprint density at radius 3 is 3.07 bits per heavy atom. The predicted octanol–water partition coefficient (Wildman–Crippen LogP) is 1.90. The minimum atomic E-state index is -1.19. The summed E-state index contributed by atoms with van der Waals surface area (Å²) in [5.74, 6) is 0. The second-order valence-electron chi connectivity index (χ2n) is 2.78. The van der Waals surface area contributed by atoms with Crippen LogP contribution in [0.25, 0.3) is 0 Å². The number of thiazole rings is 1. The van der Waals surface area contributed by atoms with Crippen LogP contribution < -0.4 is 0 Å². The molecule has 0 aliphatic carbocycles. The summed E-state index contributed by atoms with van der Waals surface area (Å²) in [6, 6.07) is 0. The minimum absolute atomic E-state index is 0.255. The molecule has 6 heteroatoms. The normalized spacial score (nSPS) is 14.7. The Kier molecular flexibility index (Phi) is 3.20. The zero-order valence-corrected chi connectivity index (χ0v) is 9.42. The maximum atomic E-state index is 12.1. The molecule has 2 aromatic rings. The summed E-state index contributed by atoms with van der Waals surface area (Å²) in [7, 11) is 0. The molecule has 0 saturated carbocycles. The van der Waals surface area contributed by atoms with Gasteiger partial charge >= 0.3 is 4.34 Å². The largest absolute Gasteiger partial charge is 0.609 e. The van der Waals surface area contributed by atoms with Gasteiger partial charge in [0.2, 0.25) is 0 Å². The van der Waals surface area contributed by atoms with Crippen molar-refractivity contribution in [1.29, 1.82) is 0 Å². The molecular formula is C9H9N3OS2. The summed E-state index contributed by atoms with van der Waals surface area (Å²) in [6.45, 7) is 3.69. The smallest absolute Gasteiger partial charge is 0.302 e. The van der Waals surface area contributed by atoms with Gasteiger partial charge in [-0.05, 0) is 6.08 Å². The average molecular weight is 239 g/mol. The van der Waals surface area contributed by atoms with E-state index in [9.17, 15) is 4.55 Å². The van der Waals surface area contributed by atoms with E-state index < -0.39 is 11.2 Å². The van der Waals surface area contributed by atoms with E-state index in [1.54, 1.807) is 24.7 Å². The molecule has 78 valence electrons. The van der Waals surface area contributed by atoms with Crippen LogP contribution in [0.3, 0.4) is 0 Å². The van der Waals surface area contributed by atoms with Gasteiger partial charge < -0.3 is 4.55 Å². The highest BCUT2D eigenvalue weighted by atomic mass is 32.2. The maximum Gasteiger partial charge on any atom is 0.302 e. The number of rotatable bonds is 4. The fourth-order valence-corrected chi connectivity index (χ4v) is 3.33. The molecule has 0 aliphatic heterocycles. The molecular weight excluding hydrogens is 230 g/mol. The summed E-state index contributed by atoms with van der Waals surface area (Å²) >= 11 is 0.192. The predicted molar refractivity (Wildman–Crippen MR) is 60.0 cm³/mol. The third-order valence-electron chi connectivity index (χ3n) is 1.87. The van der Waals surface area contributed by atoms with Crippen LogP contribution in [0.5, 0.6) is 0 Å². The molecule has 2 rings (SSSR count). The van der Waals surface area contributed by atoms with Gasteiger partial charge in [-0.1, -0.05) is 17.9 Å². The standard InChI is InChI=1S/C9H9N3OS2/c1-2-8(7-5-11-12-6-7)15(13)9-10-3-4-14-9/h2-6,8H,1H2,(H,11,12). The van der Waals surface area contributed by atoms with Crippen molar-refractivity contribution in [3.63, 3.8) is 0 Å². The fraction of sp³-hybridized carbons (Fsp3) is 0.111. The molecule has 0 amide bonds. The highest BCUT2D eigenvalue weighted by Crippen LogP contribution is 2.29. The van der Waals surface area contributed by atoms with Gasteiger partial charge in [0.15, 0.2) is 5.25 Å². The van der Waals surface area contributed by atoms with Gasteiger partial charge in [-0.2, -0.15) is 5.10 Å². The molecule has 1 N–H and O–H groups in total. The Morgan fingerprint density at radius 2 is 2.53 bits per heavy atom. The van der Waals surface area contributed by atoms with Gasteiger partial charge in [0.1, 0.15) is 0 Å². The van der Waals surface area contributed by atoms with Crippen molar-refractivity contribution in [2.45, 2.75) is 9.59 Å². The Bertz CT molecular complexity index is 413. The van der Waals surface area contributed by atoms with Crippen LogP contribution in [0.15, 0.2) is 41.0 Å². The van der Waals surface area contributed by atoms with Gasteiger partial charge in [-0.15, -0.1) is 0 Å². The zero-order valence-electron chi connectivity index (χ0n) is 7.79. The average Bonchev–Trinajstić information content (AvgIpc) is 2.91. The summed E-state index contributed by atoms with van der Waals surface area (Å²) < 4.78 is 12.7. The monoisotopic (exact) mass is 239 g/mol. The number of H-pyrrole nitrogens is 1. The van der Waals surface area contributed by atoms with E-state index in [2.05, 4.69) is 21.8 Å². The SMILES string of the molecule is C=CC(c1cn[nH]c1)[S+]([O-])c1nccs1. The molecule has 2 aromatic heterocycles. The molecule has 0 bridgehead atoms. The van der Waals surface area contributed by atoms with Crippen LogP contribution in [0.2, 0.25) is 0 Å². The van der Waals surface area contributed by atoms with Crippen LogP contribution in [0.1, 0.15) is 10.8 Å². The van der Waals surface area contributed by atoms with Crippen molar-refractivity contribution in [2.75, 3.05) is 0 Å². The molecule has 0 fully saturated rings. The first-order chi connectivity index (χ1) is 7.33. The molecule has 2 heterocycles. The number of aromatic amines is 1. The summed E-state index contributed by atoms with van der Waals surface area (Å²) in [4.78, 5) is 4.03. The lowest BCUT2D eigenvalue weighted by atomic mass is 10.2. The lowest BCUT2D eigenvalue weighted by molar-refractivity contribution is 0.588. The molecule has 2 atom stereocenters. The summed E-state index contributed by atoms with van der Waals surface area (Å²) in [5.41, 5.74) is 0.860.